The van der Waals surface area contributed by atoms with Crippen LogP contribution in [0.15, 0.2) is 41.8 Å². The number of amides is 1. The third-order valence-corrected chi connectivity index (χ3v) is 4.32. The Morgan fingerprint density at radius 2 is 1.90 bits per heavy atom. The number of allylic oxidation sites excluding steroid dienone is 1. The predicted octanol–water partition coefficient (Wildman–Crippen LogP) is 4.48. The molecule has 2 aromatic rings. The highest BCUT2D eigenvalue weighted by Crippen LogP contribution is 2.23. The van der Waals surface area contributed by atoms with Crippen molar-refractivity contribution in [3.8, 4) is 0 Å². The van der Waals surface area contributed by atoms with E-state index in [2.05, 4.69) is 10.3 Å². The molecule has 0 aliphatic heterocycles. The van der Waals surface area contributed by atoms with Gasteiger partial charge in [0.2, 0.25) is 0 Å². The Balaban J connectivity index is 1.91. The summed E-state index contributed by atoms with van der Waals surface area (Å²) in [4.78, 5) is 39.4. The molecule has 0 aliphatic carbocycles. The third kappa shape index (κ3) is 8.04. The quantitative estimate of drug-likeness (QED) is 0.467. The molecule has 0 unspecified atom stereocenters. The average Bonchev–Trinajstić information content (AvgIpc) is 3.10. The van der Waals surface area contributed by atoms with E-state index in [1.54, 1.807) is 20.8 Å². The molecule has 160 valence electrons. The fourth-order valence-electron chi connectivity index (χ4n) is 2.29. The van der Waals surface area contributed by atoms with E-state index in [4.69, 9.17) is 9.47 Å². The number of nitrogens with zero attached hydrogens (tertiary/aromatic N) is 1. The van der Waals surface area contributed by atoms with Crippen molar-refractivity contribution in [2.24, 2.45) is 0 Å². The van der Waals surface area contributed by atoms with Crippen LogP contribution < -0.4 is 5.32 Å². The molecule has 1 aromatic carbocycles. The molecule has 1 aromatic heterocycles. The first-order chi connectivity index (χ1) is 14.1. The molecule has 0 radical (unpaired) electrons. The number of benzene rings is 1. The lowest BCUT2D eigenvalue weighted by Crippen LogP contribution is -2.27. The summed E-state index contributed by atoms with van der Waals surface area (Å²) in [5.74, 6) is -1.60. The molecule has 0 aliphatic rings. The van der Waals surface area contributed by atoms with E-state index in [0.29, 0.717) is 0 Å². The number of hydrogen-bond acceptors (Lipinski definition) is 7. The number of nitrogens with one attached hydrogen (secondary N) is 1. The Labute approximate surface area is 178 Å². The van der Waals surface area contributed by atoms with Crippen molar-refractivity contribution in [3.63, 3.8) is 0 Å². The molecule has 0 saturated heterocycles. The summed E-state index contributed by atoms with van der Waals surface area (Å²) in [5, 5.41) is 13.7. The van der Waals surface area contributed by atoms with E-state index in [1.807, 2.05) is 30.3 Å². The minimum absolute atomic E-state index is 0.0385. The summed E-state index contributed by atoms with van der Waals surface area (Å²) in [5.41, 5.74) is 0.349. The lowest BCUT2D eigenvalue weighted by Gasteiger charge is -2.18. The normalized spacial score (nSPS) is 11.6. The molecule has 0 saturated carbocycles. The molecule has 2 rings (SSSR count). The average molecular weight is 432 g/mol. The molecule has 0 spiro atoms. The van der Waals surface area contributed by atoms with Crippen molar-refractivity contribution in [1.29, 1.82) is 0 Å². The third-order valence-electron chi connectivity index (χ3n) is 3.56. The van der Waals surface area contributed by atoms with Gasteiger partial charge in [-0.25, -0.2) is 14.6 Å². The van der Waals surface area contributed by atoms with E-state index in [1.165, 1.54) is 11.5 Å². The van der Waals surface area contributed by atoms with Gasteiger partial charge in [0.1, 0.15) is 12.2 Å². The molecule has 30 heavy (non-hydrogen) atoms. The van der Waals surface area contributed by atoms with Gasteiger partial charge in [-0.1, -0.05) is 36.4 Å². The fraction of sp³-hybridized carbons (Fsp3) is 0.333. The highest BCUT2D eigenvalue weighted by molar-refractivity contribution is 7.14. The summed E-state index contributed by atoms with van der Waals surface area (Å²) in [6.07, 6.45) is 0.960. The minimum Gasteiger partial charge on any atom is -0.478 e. The molecule has 2 N–H and O–H groups in total. The number of carboxylic acid groups (broad SMARTS) is 1. The SMILES string of the molecule is CC(C)(C)OC(=O)Nc1nc(C(=CCCC(=O)OCc2ccccc2)C(=O)O)cs1. The zero-order chi connectivity index (χ0) is 22.1. The standard InChI is InChI=1S/C21H24N2O6S/c1-21(2,3)29-20(27)23-19-22-16(13-30-19)15(18(25)26)10-7-11-17(24)28-12-14-8-5-4-6-9-14/h4-6,8-10,13H,7,11-12H2,1-3H3,(H,25,26)(H,22,23,27). The van der Waals surface area contributed by atoms with Crippen LogP contribution in [0.1, 0.15) is 44.9 Å². The summed E-state index contributed by atoms with van der Waals surface area (Å²) >= 11 is 1.08. The van der Waals surface area contributed by atoms with Gasteiger partial charge in [-0.05, 0) is 32.8 Å². The number of thiazole rings is 1. The number of carbonyl (C=O) groups is 3. The number of carbonyl (C=O) groups excluding carboxylic acids is 2. The van der Waals surface area contributed by atoms with Gasteiger partial charge < -0.3 is 14.6 Å². The van der Waals surface area contributed by atoms with Crippen molar-refractivity contribution in [1.82, 2.24) is 4.98 Å². The maximum absolute atomic E-state index is 11.9. The van der Waals surface area contributed by atoms with Crippen molar-refractivity contribution in [2.75, 3.05) is 5.32 Å². The number of hydrogen-bond donors (Lipinski definition) is 2. The van der Waals surface area contributed by atoms with E-state index < -0.39 is 23.6 Å². The highest BCUT2D eigenvalue weighted by atomic mass is 32.1. The van der Waals surface area contributed by atoms with E-state index >= 15 is 0 Å². The van der Waals surface area contributed by atoms with E-state index in [0.717, 1.165) is 16.9 Å². The predicted molar refractivity (Wildman–Crippen MR) is 113 cm³/mol. The Morgan fingerprint density at radius 1 is 1.20 bits per heavy atom. The van der Waals surface area contributed by atoms with Crippen molar-refractivity contribution in [3.05, 3.63) is 53.0 Å². The van der Waals surface area contributed by atoms with Gasteiger partial charge in [-0.3, -0.25) is 10.1 Å². The number of aromatic nitrogens is 1. The van der Waals surface area contributed by atoms with Crippen LogP contribution in [0, 0.1) is 0 Å². The number of anilines is 1. The van der Waals surface area contributed by atoms with Crippen LogP contribution >= 0.6 is 11.3 Å². The van der Waals surface area contributed by atoms with Gasteiger partial charge in [0.25, 0.3) is 0 Å². The molecular formula is C21H24N2O6S. The van der Waals surface area contributed by atoms with Gasteiger partial charge in [0, 0.05) is 11.8 Å². The first-order valence-electron chi connectivity index (χ1n) is 9.23. The first-order valence-corrected chi connectivity index (χ1v) is 10.1. The maximum atomic E-state index is 11.9. The largest absolute Gasteiger partial charge is 0.478 e. The van der Waals surface area contributed by atoms with Crippen molar-refractivity contribution < 1.29 is 29.0 Å². The molecule has 0 atom stereocenters. The lowest BCUT2D eigenvalue weighted by atomic mass is 10.1. The maximum Gasteiger partial charge on any atom is 0.413 e. The van der Waals surface area contributed by atoms with Crippen LogP contribution in [0.5, 0.6) is 0 Å². The van der Waals surface area contributed by atoms with Gasteiger partial charge >= 0.3 is 18.0 Å². The summed E-state index contributed by atoms with van der Waals surface area (Å²) < 4.78 is 10.3. The smallest absolute Gasteiger partial charge is 0.413 e. The monoisotopic (exact) mass is 432 g/mol. The Kier molecular flexibility index (Phi) is 8.11. The molecular weight excluding hydrogens is 408 g/mol. The van der Waals surface area contributed by atoms with Gasteiger partial charge in [-0.2, -0.15) is 0 Å². The van der Waals surface area contributed by atoms with Gasteiger partial charge in [0.05, 0.1) is 11.3 Å². The van der Waals surface area contributed by atoms with Crippen LogP contribution in [0.4, 0.5) is 9.93 Å². The molecule has 1 heterocycles. The minimum atomic E-state index is -1.18. The van der Waals surface area contributed by atoms with Crippen LogP contribution in [0.2, 0.25) is 0 Å². The molecule has 1 amide bonds. The van der Waals surface area contributed by atoms with Crippen LogP contribution in [-0.4, -0.2) is 33.7 Å². The zero-order valence-electron chi connectivity index (χ0n) is 17.0. The second kappa shape index (κ2) is 10.5. The number of carboxylic acids is 1. The van der Waals surface area contributed by atoms with E-state index in [-0.39, 0.29) is 35.8 Å². The lowest BCUT2D eigenvalue weighted by molar-refractivity contribution is -0.144. The first kappa shape index (κ1) is 23.1. The van der Waals surface area contributed by atoms with Gasteiger partial charge in [0.15, 0.2) is 5.13 Å². The highest BCUT2D eigenvalue weighted by Gasteiger charge is 2.19. The Morgan fingerprint density at radius 3 is 2.53 bits per heavy atom. The molecule has 9 heteroatoms. The fourth-order valence-corrected chi connectivity index (χ4v) is 2.99. The second-order valence-electron chi connectivity index (χ2n) is 7.27. The number of esters is 1. The van der Waals surface area contributed by atoms with Crippen LogP contribution in [0.3, 0.4) is 0 Å². The molecule has 8 nitrogen and oxygen atoms in total. The van der Waals surface area contributed by atoms with Crippen molar-refractivity contribution in [2.45, 2.75) is 45.8 Å². The topological polar surface area (TPSA) is 115 Å². The summed E-state index contributed by atoms with van der Waals surface area (Å²) in [6.45, 7) is 5.36. The zero-order valence-corrected chi connectivity index (χ0v) is 17.8. The number of aliphatic carboxylic acids is 1. The molecule has 0 fully saturated rings. The summed E-state index contributed by atoms with van der Waals surface area (Å²) in [7, 11) is 0. The van der Waals surface area contributed by atoms with Crippen LogP contribution in [-0.2, 0) is 25.7 Å². The second-order valence-corrected chi connectivity index (χ2v) is 8.13. The summed E-state index contributed by atoms with van der Waals surface area (Å²) in [6, 6.07) is 9.27. The number of ether oxygens (including phenoxy) is 2. The van der Waals surface area contributed by atoms with Crippen LogP contribution in [0.25, 0.3) is 5.57 Å². The van der Waals surface area contributed by atoms with E-state index in [9.17, 15) is 19.5 Å². The molecule has 0 bridgehead atoms. The Bertz CT molecular complexity index is 915. The number of rotatable bonds is 8. The van der Waals surface area contributed by atoms with Crippen molar-refractivity contribution >= 4 is 40.1 Å². The Hall–Kier alpha value is -3.20. The van der Waals surface area contributed by atoms with Gasteiger partial charge in [-0.15, -0.1) is 11.3 Å².